The van der Waals surface area contributed by atoms with E-state index in [0.717, 1.165) is 5.56 Å². The first kappa shape index (κ1) is 14.0. The lowest BCUT2D eigenvalue weighted by Crippen LogP contribution is -2.20. The van der Waals surface area contributed by atoms with Crippen molar-refractivity contribution in [3.63, 3.8) is 0 Å². The van der Waals surface area contributed by atoms with Crippen LogP contribution in [0, 0.1) is 12.3 Å². The van der Waals surface area contributed by atoms with Gasteiger partial charge in [-0.15, -0.1) is 0 Å². The van der Waals surface area contributed by atoms with Gasteiger partial charge in [0.25, 0.3) is 0 Å². The van der Waals surface area contributed by atoms with Crippen molar-refractivity contribution in [3.8, 4) is 5.75 Å². The topological polar surface area (TPSA) is 43.4 Å². The fraction of sp³-hybridized carbons (Fsp3) is 0.538. The maximum absolute atomic E-state index is 12.2. The van der Waals surface area contributed by atoms with E-state index < -0.39 is 9.84 Å². The highest BCUT2D eigenvalue weighted by atomic mass is 32.2. The molecule has 1 aromatic carbocycles. The van der Waals surface area contributed by atoms with Crippen LogP contribution in [0.3, 0.4) is 0 Å². The Kier molecular flexibility index (Phi) is 3.87. The molecule has 0 bridgehead atoms. The third-order valence-corrected chi connectivity index (χ3v) is 4.57. The van der Waals surface area contributed by atoms with E-state index in [0.29, 0.717) is 10.6 Å². The van der Waals surface area contributed by atoms with Gasteiger partial charge in [-0.3, -0.25) is 0 Å². The molecule has 1 aromatic rings. The van der Waals surface area contributed by atoms with E-state index in [2.05, 4.69) is 0 Å². The second-order valence-electron chi connectivity index (χ2n) is 5.45. The molecule has 0 atom stereocenters. The lowest BCUT2D eigenvalue weighted by atomic mass is 10.0. The number of sulfone groups is 1. The zero-order valence-electron chi connectivity index (χ0n) is 11.1. The van der Waals surface area contributed by atoms with E-state index in [1.807, 2.05) is 27.7 Å². The Balaban J connectivity index is 3.13. The summed E-state index contributed by atoms with van der Waals surface area (Å²) >= 11 is 0. The number of hydrogen-bond donors (Lipinski definition) is 0. The highest BCUT2D eigenvalue weighted by Crippen LogP contribution is 2.25. The third-order valence-electron chi connectivity index (χ3n) is 2.35. The number of benzene rings is 1. The first-order valence-corrected chi connectivity index (χ1v) is 7.18. The number of aryl methyl sites for hydroxylation is 1. The molecule has 0 fully saturated rings. The number of hydrogen-bond acceptors (Lipinski definition) is 3. The van der Waals surface area contributed by atoms with Crippen molar-refractivity contribution in [2.24, 2.45) is 5.41 Å². The molecule has 0 aliphatic rings. The van der Waals surface area contributed by atoms with Gasteiger partial charge in [0, 0.05) is 0 Å². The summed E-state index contributed by atoms with van der Waals surface area (Å²) in [4.78, 5) is 0.366. The average Bonchev–Trinajstić information content (AvgIpc) is 2.13. The van der Waals surface area contributed by atoms with Crippen LogP contribution in [-0.4, -0.2) is 21.3 Å². The molecule has 0 aromatic heterocycles. The lowest BCUT2D eigenvalue weighted by molar-refractivity contribution is 0.411. The highest BCUT2D eigenvalue weighted by molar-refractivity contribution is 7.91. The fourth-order valence-corrected chi connectivity index (χ4v) is 3.64. The molecule has 96 valence electrons. The first-order valence-electron chi connectivity index (χ1n) is 5.53. The Labute approximate surface area is 104 Å². The standard InChI is InChI=1S/C13H20O3S/c1-10-8-11(6-7-12(10)16-5)17(14,15)9-13(2,3)4/h6-8H,9H2,1-5H3. The average molecular weight is 256 g/mol. The molecule has 4 heteroatoms. The minimum atomic E-state index is -3.22. The summed E-state index contributed by atoms with van der Waals surface area (Å²) in [5, 5.41) is 0. The number of ether oxygens (including phenoxy) is 1. The molecule has 3 nitrogen and oxygen atoms in total. The molecular formula is C13H20O3S. The van der Waals surface area contributed by atoms with Crippen LogP contribution in [0.1, 0.15) is 26.3 Å². The number of methoxy groups -OCH3 is 1. The van der Waals surface area contributed by atoms with Crippen molar-refractivity contribution in [3.05, 3.63) is 23.8 Å². The Morgan fingerprint density at radius 2 is 1.82 bits per heavy atom. The van der Waals surface area contributed by atoms with Crippen LogP contribution in [-0.2, 0) is 9.84 Å². The molecular weight excluding hydrogens is 236 g/mol. The van der Waals surface area contributed by atoms with Crippen molar-refractivity contribution in [1.82, 2.24) is 0 Å². The van der Waals surface area contributed by atoms with E-state index in [4.69, 9.17) is 4.74 Å². The Bertz CT molecular complexity index is 496. The molecule has 1 rings (SSSR count). The van der Waals surface area contributed by atoms with Crippen LogP contribution >= 0.6 is 0 Å². The van der Waals surface area contributed by atoms with Gasteiger partial charge in [0.15, 0.2) is 9.84 Å². The van der Waals surface area contributed by atoms with Crippen molar-refractivity contribution < 1.29 is 13.2 Å². The normalized spacial score (nSPS) is 12.5. The zero-order chi connectivity index (χ0) is 13.3. The molecule has 0 unspecified atom stereocenters. The van der Waals surface area contributed by atoms with Crippen molar-refractivity contribution in [2.75, 3.05) is 12.9 Å². The maximum atomic E-state index is 12.2. The Hall–Kier alpha value is -1.03. The van der Waals surface area contributed by atoms with E-state index in [1.165, 1.54) is 0 Å². The summed E-state index contributed by atoms with van der Waals surface area (Å²) in [6.07, 6.45) is 0. The summed E-state index contributed by atoms with van der Waals surface area (Å²) in [5.74, 6) is 0.853. The summed E-state index contributed by atoms with van der Waals surface area (Å²) in [6, 6.07) is 4.97. The Morgan fingerprint density at radius 3 is 2.24 bits per heavy atom. The van der Waals surface area contributed by atoms with Crippen molar-refractivity contribution in [2.45, 2.75) is 32.6 Å². The second-order valence-corrected chi connectivity index (χ2v) is 7.44. The molecule has 0 aliphatic heterocycles. The van der Waals surface area contributed by atoms with Gasteiger partial charge in [0.1, 0.15) is 5.75 Å². The van der Waals surface area contributed by atoms with Gasteiger partial charge in [0.05, 0.1) is 17.8 Å². The molecule has 0 saturated heterocycles. The van der Waals surface area contributed by atoms with Crippen LogP contribution < -0.4 is 4.74 Å². The third kappa shape index (κ3) is 3.73. The van der Waals surface area contributed by atoms with Crippen LogP contribution in [0.4, 0.5) is 0 Å². The van der Waals surface area contributed by atoms with E-state index in [9.17, 15) is 8.42 Å². The van der Waals surface area contributed by atoms with Gasteiger partial charge in [-0.2, -0.15) is 0 Å². The number of rotatable bonds is 3. The Morgan fingerprint density at radius 1 is 1.24 bits per heavy atom. The largest absolute Gasteiger partial charge is 0.496 e. The molecule has 0 heterocycles. The molecule has 17 heavy (non-hydrogen) atoms. The van der Waals surface area contributed by atoms with Crippen molar-refractivity contribution in [1.29, 1.82) is 0 Å². The van der Waals surface area contributed by atoms with Crippen LogP contribution in [0.2, 0.25) is 0 Å². The fourth-order valence-electron chi connectivity index (χ4n) is 1.70. The van der Waals surface area contributed by atoms with Gasteiger partial charge in [-0.25, -0.2) is 8.42 Å². The smallest absolute Gasteiger partial charge is 0.178 e. The first-order chi connectivity index (χ1) is 7.65. The van der Waals surface area contributed by atoms with E-state index in [1.54, 1.807) is 25.3 Å². The van der Waals surface area contributed by atoms with Crippen LogP contribution in [0.25, 0.3) is 0 Å². The van der Waals surface area contributed by atoms with Gasteiger partial charge < -0.3 is 4.74 Å². The summed E-state index contributed by atoms with van der Waals surface area (Å²) in [6.45, 7) is 7.59. The van der Waals surface area contributed by atoms with Crippen LogP contribution in [0.15, 0.2) is 23.1 Å². The monoisotopic (exact) mass is 256 g/mol. The lowest BCUT2D eigenvalue weighted by Gasteiger charge is -2.18. The molecule has 0 amide bonds. The van der Waals surface area contributed by atoms with Gasteiger partial charge in [0.2, 0.25) is 0 Å². The maximum Gasteiger partial charge on any atom is 0.178 e. The predicted molar refractivity (Wildman–Crippen MR) is 69.2 cm³/mol. The van der Waals surface area contributed by atoms with E-state index in [-0.39, 0.29) is 11.2 Å². The molecule has 0 spiro atoms. The molecule has 0 N–H and O–H groups in total. The second kappa shape index (κ2) is 4.69. The quantitative estimate of drug-likeness (QED) is 0.835. The predicted octanol–water partition coefficient (Wildman–Crippen LogP) is 2.82. The minimum absolute atomic E-state index is 0.145. The zero-order valence-corrected chi connectivity index (χ0v) is 11.9. The SMILES string of the molecule is COc1ccc(S(=O)(=O)CC(C)(C)C)cc1C. The summed E-state index contributed by atoms with van der Waals surface area (Å²) < 4.78 is 29.4. The van der Waals surface area contributed by atoms with Gasteiger partial charge >= 0.3 is 0 Å². The van der Waals surface area contributed by atoms with Crippen molar-refractivity contribution >= 4 is 9.84 Å². The summed E-state index contributed by atoms with van der Waals surface area (Å²) in [5.41, 5.74) is 0.592. The summed E-state index contributed by atoms with van der Waals surface area (Å²) in [7, 11) is -1.65. The van der Waals surface area contributed by atoms with Gasteiger partial charge in [-0.1, -0.05) is 20.8 Å². The van der Waals surface area contributed by atoms with Gasteiger partial charge in [-0.05, 0) is 36.1 Å². The highest BCUT2D eigenvalue weighted by Gasteiger charge is 2.23. The molecule has 0 saturated carbocycles. The molecule has 0 aliphatic carbocycles. The molecule has 0 radical (unpaired) electrons. The minimum Gasteiger partial charge on any atom is -0.496 e. The van der Waals surface area contributed by atoms with E-state index >= 15 is 0 Å². The van der Waals surface area contributed by atoms with Crippen LogP contribution in [0.5, 0.6) is 5.75 Å².